The first-order chi connectivity index (χ1) is 24.1. The molecule has 286 valence electrons. The number of nitrogens with two attached hydrogens (primary N) is 1. The molecule has 0 heterocycles. The molecule has 0 saturated heterocycles. The van der Waals surface area contributed by atoms with Crippen molar-refractivity contribution in [1.29, 1.82) is 0 Å². The van der Waals surface area contributed by atoms with Crippen LogP contribution in [0.4, 0.5) is 0 Å². The summed E-state index contributed by atoms with van der Waals surface area (Å²) in [6.07, 6.45) is 35.8. The van der Waals surface area contributed by atoms with Crippen molar-refractivity contribution in [2.75, 3.05) is 19.8 Å². The Labute approximate surface area is 300 Å². The Morgan fingerprint density at radius 3 is 1.70 bits per heavy atom. The van der Waals surface area contributed by atoms with E-state index in [-0.39, 0.29) is 19.4 Å². The first-order valence-corrected chi connectivity index (χ1v) is 19.8. The Kier molecular flexibility index (Phi) is 31.5. The molecule has 0 aromatic rings. The summed E-state index contributed by atoms with van der Waals surface area (Å²) in [6, 6.07) is -1.53. The van der Waals surface area contributed by atoms with E-state index >= 15 is 0 Å². The summed E-state index contributed by atoms with van der Waals surface area (Å²) in [4.78, 5) is 45.7. The smallest absolute Gasteiger partial charge is 0.472 e. The number of carbonyl (C=O) groups excluding carboxylic acids is 2. The van der Waals surface area contributed by atoms with Gasteiger partial charge >= 0.3 is 25.7 Å². The van der Waals surface area contributed by atoms with Gasteiger partial charge in [0.15, 0.2) is 6.10 Å². The van der Waals surface area contributed by atoms with Crippen LogP contribution >= 0.6 is 7.82 Å². The molecule has 0 amide bonds. The fourth-order valence-corrected chi connectivity index (χ4v) is 5.13. The maximum absolute atomic E-state index is 12.5. The standard InChI is InChI=1S/C38H64NO10P/c1-3-5-7-9-11-13-15-17-19-21-23-25-27-29-36(40)46-31-34(32-47-50(44,45)48-33-35(39)38(42)43)49-37(41)30-28-26-24-22-20-18-16-14-12-10-8-6-4-2/h6-9,12-15,18,20,34-35H,3-5,10-11,16-17,19,21-33,39H2,1-2H3,(H,42,43)(H,44,45)/b8-6-,9-7-,14-12-,15-13-,20-18-. The minimum atomic E-state index is -4.72. The zero-order valence-electron chi connectivity index (χ0n) is 30.5. The van der Waals surface area contributed by atoms with Gasteiger partial charge in [0.1, 0.15) is 12.6 Å². The highest BCUT2D eigenvalue weighted by molar-refractivity contribution is 7.47. The lowest BCUT2D eigenvalue weighted by atomic mass is 10.1. The summed E-state index contributed by atoms with van der Waals surface area (Å²) in [7, 11) is -4.72. The lowest BCUT2D eigenvalue weighted by Gasteiger charge is -2.20. The van der Waals surface area contributed by atoms with Crippen molar-refractivity contribution in [3.05, 3.63) is 60.8 Å². The van der Waals surface area contributed by atoms with Crippen LogP contribution in [-0.2, 0) is 37.5 Å². The number of unbranched alkanes of at least 4 members (excludes halogenated alkanes) is 9. The molecule has 3 atom stereocenters. The Balaban J connectivity index is 4.55. The zero-order valence-corrected chi connectivity index (χ0v) is 31.4. The van der Waals surface area contributed by atoms with Gasteiger partial charge in [-0.25, -0.2) is 4.57 Å². The van der Waals surface area contributed by atoms with E-state index in [0.717, 1.165) is 83.5 Å². The van der Waals surface area contributed by atoms with Crippen molar-refractivity contribution in [1.82, 2.24) is 0 Å². The molecule has 0 saturated carbocycles. The van der Waals surface area contributed by atoms with E-state index in [4.69, 9.17) is 24.8 Å². The van der Waals surface area contributed by atoms with E-state index in [1.807, 2.05) is 0 Å². The van der Waals surface area contributed by atoms with Crippen LogP contribution in [0.25, 0.3) is 0 Å². The summed E-state index contributed by atoms with van der Waals surface area (Å²) in [5.74, 6) is -2.45. The number of carboxylic acids is 1. The van der Waals surface area contributed by atoms with Crippen molar-refractivity contribution >= 4 is 25.7 Å². The van der Waals surface area contributed by atoms with Crippen LogP contribution in [0.1, 0.15) is 129 Å². The topological polar surface area (TPSA) is 172 Å². The molecule has 0 radical (unpaired) electrons. The summed E-state index contributed by atoms with van der Waals surface area (Å²) >= 11 is 0. The quantitative estimate of drug-likeness (QED) is 0.0255. The van der Waals surface area contributed by atoms with E-state index in [2.05, 4.69) is 79.1 Å². The number of phosphoric ester groups is 1. The third-order valence-electron chi connectivity index (χ3n) is 7.23. The molecule has 0 spiro atoms. The molecule has 0 bridgehead atoms. The van der Waals surface area contributed by atoms with E-state index in [9.17, 15) is 23.8 Å². The Morgan fingerprint density at radius 1 is 0.640 bits per heavy atom. The molecule has 4 N–H and O–H groups in total. The fraction of sp³-hybridized carbons (Fsp3) is 0.658. The molecular weight excluding hydrogens is 661 g/mol. The molecule has 11 nitrogen and oxygen atoms in total. The largest absolute Gasteiger partial charge is 0.480 e. The van der Waals surface area contributed by atoms with Crippen LogP contribution in [0.3, 0.4) is 0 Å². The summed E-state index contributed by atoms with van der Waals surface area (Å²) in [6.45, 7) is 2.53. The third kappa shape index (κ3) is 32.4. The number of hydrogen-bond donors (Lipinski definition) is 3. The average Bonchev–Trinajstić information content (AvgIpc) is 3.09. The number of aliphatic carboxylic acids is 1. The van der Waals surface area contributed by atoms with Gasteiger partial charge in [-0.15, -0.1) is 0 Å². The van der Waals surface area contributed by atoms with Crippen LogP contribution in [0.2, 0.25) is 0 Å². The van der Waals surface area contributed by atoms with E-state index in [1.54, 1.807) is 0 Å². The molecule has 0 fully saturated rings. The molecule has 0 aromatic heterocycles. The van der Waals surface area contributed by atoms with Gasteiger partial charge in [-0.1, -0.05) is 107 Å². The molecule has 0 aromatic carbocycles. The van der Waals surface area contributed by atoms with Gasteiger partial charge in [0.05, 0.1) is 13.2 Å². The first-order valence-electron chi connectivity index (χ1n) is 18.3. The number of allylic oxidation sites excluding steroid dienone is 10. The van der Waals surface area contributed by atoms with Crippen LogP contribution in [0.5, 0.6) is 0 Å². The molecular formula is C38H64NO10P. The average molecular weight is 726 g/mol. The van der Waals surface area contributed by atoms with Gasteiger partial charge in [-0.2, -0.15) is 0 Å². The second-order valence-electron chi connectivity index (χ2n) is 12.0. The van der Waals surface area contributed by atoms with E-state index in [1.165, 1.54) is 6.42 Å². The van der Waals surface area contributed by atoms with Crippen molar-refractivity contribution in [3.63, 3.8) is 0 Å². The number of ether oxygens (including phenoxy) is 2. The molecule has 50 heavy (non-hydrogen) atoms. The van der Waals surface area contributed by atoms with Crippen LogP contribution in [0, 0.1) is 0 Å². The second kappa shape index (κ2) is 33.3. The van der Waals surface area contributed by atoms with Crippen molar-refractivity contribution < 1.29 is 47.5 Å². The maximum Gasteiger partial charge on any atom is 0.472 e. The van der Waals surface area contributed by atoms with E-state index < -0.39 is 51.1 Å². The minimum Gasteiger partial charge on any atom is -0.480 e. The number of hydrogen-bond acceptors (Lipinski definition) is 9. The fourth-order valence-electron chi connectivity index (χ4n) is 4.35. The van der Waals surface area contributed by atoms with Gasteiger partial charge in [0.2, 0.25) is 0 Å². The Bertz CT molecular complexity index is 1090. The minimum absolute atomic E-state index is 0.120. The van der Waals surface area contributed by atoms with Gasteiger partial charge < -0.3 is 25.2 Å². The van der Waals surface area contributed by atoms with E-state index in [0.29, 0.717) is 12.8 Å². The highest BCUT2D eigenvalue weighted by Crippen LogP contribution is 2.43. The summed E-state index contributed by atoms with van der Waals surface area (Å²) in [5.41, 5.74) is 5.31. The molecule has 0 aliphatic heterocycles. The zero-order chi connectivity index (χ0) is 37.1. The molecule has 0 rings (SSSR count). The molecule has 3 unspecified atom stereocenters. The van der Waals surface area contributed by atoms with Crippen molar-refractivity contribution in [2.24, 2.45) is 5.73 Å². The predicted octanol–water partition coefficient (Wildman–Crippen LogP) is 8.83. The maximum atomic E-state index is 12.5. The molecule has 0 aliphatic rings. The predicted molar refractivity (Wildman–Crippen MR) is 198 cm³/mol. The number of rotatable bonds is 33. The van der Waals surface area contributed by atoms with Gasteiger partial charge in [-0.05, 0) is 70.6 Å². The Hall–Kier alpha value is -2.82. The highest BCUT2D eigenvalue weighted by Gasteiger charge is 2.28. The Morgan fingerprint density at radius 2 is 1.12 bits per heavy atom. The number of carbonyl (C=O) groups is 3. The van der Waals surface area contributed by atoms with Crippen molar-refractivity contribution in [3.8, 4) is 0 Å². The third-order valence-corrected chi connectivity index (χ3v) is 8.18. The second-order valence-corrected chi connectivity index (χ2v) is 13.4. The number of phosphoric acid groups is 1. The lowest BCUT2D eigenvalue weighted by molar-refractivity contribution is -0.161. The van der Waals surface area contributed by atoms with Gasteiger partial charge in [-0.3, -0.25) is 23.4 Å². The van der Waals surface area contributed by atoms with Gasteiger partial charge in [0, 0.05) is 12.8 Å². The van der Waals surface area contributed by atoms with Crippen LogP contribution in [-0.4, -0.2) is 59.9 Å². The highest BCUT2D eigenvalue weighted by atomic mass is 31.2. The van der Waals surface area contributed by atoms with Crippen LogP contribution in [0.15, 0.2) is 60.8 Å². The summed E-state index contributed by atoms with van der Waals surface area (Å²) in [5, 5.41) is 8.85. The normalized spacial score (nSPS) is 14.6. The van der Waals surface area contributed by atoms with Crippen LogP contribution < -0.4 is 5.73 Å². The molecule has 12 heteroatoms. The number of esters is 2. The number of carboxylic acid groups (broad SMARTS) is 1. The molecule has 0 aliphatic carbocycles. The first kappa shape index (κ1) is 47.2. The van der Waals surface area contributed by atoms with Gasteiger partial charge in [0.25, 0.3) is 0 Å². The lowest BCUT2D eigenvalue weighted by Crippen LogP contribution is -2.34. The van der Waals surface area contributed by atoms with Crippen molar-refractivity contribution in [2.45, 2.75) is 142 Å². The SMILES string of the molecule is CC/C=C\C/C=C\C/C=C\CCCCCC(=O)OC(COC(=O)CCCCCCC/C=C\C/C=C\CCC)COP(=O)(O)OCC(N)C(=O)O. The summed E-state index contributed by atoms with van der Waals surface area (Å²) < 4.78 is 32.5. The monoisotopic (exact) mass is 725 g/mol.